The molecule has 0 unspecified atom stereocenters. The van der Waals surface area contributed by atoms with Crippen molar-refractivity contribution in [3.63, 3.8) is 0 Å². The summed E-state index contributed by atoms with van der Waals surface area (Å²) in [5, 5.41) is 10.0. The fraction of sp³-hybridized carbons (Fsp3) is 0.333. The van der Waals surface area contributed by atoms with E-state index >= 15 is 0 Å². The highest BCUT2D eigenvalue weighted by Crippen LogP contribution is 2.27. The van der Waals surface area contributed by atoms with E-state index in [2.05, 4.69) is 19.4 Å². The van der Waals surface area contributed by atoms with Crippen molar-refractivity contribution in [2.24, 2.45) is 5.92 Å². The summed E-state index contributed by atoms with van der Waals surface area (Å²) in [6, 6.07) is 12.6. The van der Waals surface area contributed by atoms with Gasteiger partial charge in [-0.25, -0.2) is 31.8 Å². The molecule has 1 amide bonds. The van der Waals surface area contributed by atoms with Gasteiger partial charge < -0.3 is 14.4 Å². The molecule has 1 aliphatic rings. The van der Waals surface area contributed by atoms with E-state index < -0.39 is 47.3 Å². The van der Waals surface area contributed by atoms with E-state index in [1.54, 1.807) is 42.2 Å². The number of piperidine rings is 1. The minimum atomic E-state index is -3.90. The van der Waals surface area contributed by atoms with Gasteiger partial charge in [-0.15, -0.1) is 0 Å². The molecule has 12 nitrogen and oxygen atoms in total. The normalized spacial score (nSPS) is 13.1. The van der Waals surface area contributed by atoms with Crippen LogP contribution in [0.4, 0.5) is 14.6 Å². The van der Waals surface area contributed by atoms with Crippen molar-refractivity contribution in [2.75, 3.05) is 31.5 Å². The molecule has 3 heterocycles. The van der Waals surface area contributed by atoms with Gasteiger partial charge in [-0.1, -0.05) is 23.7 Å². The van der Waals surface area contributed by atoms with E-state index in [9.17, 15) is 36.8 Å². The van der Waals surface area contributed by atoms with E-state index in [4.69, 9.17) is 16.3 Å². The third-order valence-electron chi connectivity index (χ3n) is 6.60. The number of anilines is 1. The third kappa shape index (κ3) is 10.2. The van der Waals surface area contributed by atoms with Crippen LogP contribution in [0.3, 0.4) is 0 Å². The number of carbonyl (C=O) groups excluding carboxylic acids is 3. The number of hydrogen-bond donors (Lipinski definition) is 1. The quantitative estimate of drug-likeness (QED) is 0.304. The van der Waals surface area contributed by atoms with Crippen molar-refractivity contribution >= 4 is 45.3 Å². The van der Waals surface area contributed by atoms with Crippen LogP contribution in [-0.2, 0) is 36.7 Å². The number of halogens is 3. The maximum atomic E-state index is 13.6. The summed E-state index contributed by atoms with van der Waals surface area (Å²) in [5.74, 6) is -2.76. The molecule has 1 fully saturated rings. The van der Waals surface area contributed by atoms with Crippen molar-refractivity contribution < 1.29 is 41.1 Å². The lowest BCUT2D eigenvalue weighted by Crippen LogP contribution is -2.43. The van der Waals surface area contributed by atoms with Crippen LogP contribution in [-0.4, -0.2) is 62.8 Å². The number of nitrogens with one attached hydrogen (secondary N) is 1. The number of alkyl halides is 2. The van der Waals surface area contributed by atoms with Crippen molar-refractivity contribution in [1.82, 2.24) is 14.7 Å². The highest BCUT2D eigenvalue weighted by molar-refractivity contribution is 7.89. The van der Waals surface area contributed by atoms with Gasteiger partial charge in [-0.05, 0) is 55.7 Å². The van der Waals surface area contributed by atoms with Gasteiger partial charge in [0.15, 0.2) is 0 Å². The molecule has 0 spiro atoms. The van der Waals surface area contributed by atoms with Crippen LogP contribution in [0.1, 0.15) is 57.3 Å². The zero-order valence-electron chi connectivity index (χ0n) is 24.6. The number of nitrogens with zero attached hydrogens (tertiary/aromatic N) is 4. The average molecular weight is 678 g/mol. The first-order valence-corrected chi connectivity index (χ1v) is 15.9. The molecule has 0 aliphatic carbocycles. The molecule has 3 aromatic rings. The van der Waals surface area contributed by atoms with Crippen molar-refractivity contribution in [1.29, 1.82) is 5.26 Å². The lowest BCUT2D eigenvalue weighted by Gasteiger charge is -2.32. The molecule has 0 atom stereocenters. The second-order valence-corrected chi connectivity index (χ2v) is 11.9. The smallest absolute Gasteiger partial charge is 0.342 e. The molecule has 0 bridgehead atoms. The van der Waals surface area contributed by atoms with Crippen LogP contribution in [0.2, 0.25) is 5.02 Å². The molecule has 16 heteroatoms. The molecule has 4 rings (SSSR count). The van der Waals surface area contributed by atoms with Gasteiger partial charge in [-0.2, -0.15) is 5.26 Å². The van der Waals surface area contributed by atoms with Gasteiger partial charge >= 0.3 is 11.9 Å². The van der Waals surface area contributed by atoms with Crippen LogP contribution >= 0.6 is 11.6 Å². The summed E-state index contributed by atoms with van der Waals surface area (Å²) < 4.78 is 61.0. The second kappa shape index (κ2) is 17.1. The largest absolute Gasteiger partial charge is 0.462 e. The Bertz CT molecular complexity index is 1670. The zero-order valence-corrected chi connectivity index (χ0v) is 26.2. The first kappa shape index (κ1) is 35.8. The number of amides is 1. The van der Waals surface area contributed by atoms with Crippen LogP contribution in [0.15, 0.2) is 54.9 Å². The summed E-state index contributed by atoms with van der Waals surface area (Å²) in [6.07, 6.45) is 3.45. The van der Waals surface area contributed by atoms with Crippen molar-refractivity contribution in [2.45, 2.75) is 32.2 Å². The van der Waals surface area contributed by atoms with E-state index in [-0.39, 0.29) is 40.6 Å². The minimum Gasteiger partial charge on any atom is -0.462 e. The van der Waals surface area contributed by atoms with Crippen LogP contribution in [0, 0.1) is 17.2 Å². The number of carbonyl (C=O) groups is 3. The van der Waals surface area contributed by atoms with E-state index in [1.807, 2.05) is 6.07 Å². The lowest BCUT2D eigenvalue weighted by atomic mass is 9.96. The van der Waals surface area contributed by atoms with Gasteiger partial charge in [0.1, 0.15) is 18.6 Å². The zero-order chi connectivity index (χ0) is 33.7. The highest BCUT2D eigenvalue weighted by Gasteiger charge is 2.30. The number of ether oxygens (including phenoxy) is 2. The first-order valence-electron chi connectivity index (χ1n) is 13.9. The molecule has 244 valence electrons. The minimum absolute atomic E-state index is 0.0821. The molecular weight excluding hydrogens is 648 g/mol. The van der Waals surface area contributed by atoms with E-state index in [0.29, 0.717) is 36.5 Å². The number of esters is 2. The fourth-order valence-electron chi connectivity index (χ4n) is 4.39. The van der Waals surface area contributed by atoms with Gasteiger partial charge in [0.25, 0.3) is 0 Å². The lowest BCUT2D eigenvalue weighted by molar-refractivity contribution is -0.123. The summed E-state index contributed by atoms with van der Waals surface area (Å²) in [6.45, 7) is 0.177. The third-order valence-corrected chi connectivity index (χ3v) is 8.08. The Labute approximate surface area is 269 Å². The van der Waals surface area contributed by atoms with Crippen LogP contribution in [0.25, 0.3) is 0 Å². The molecular formula is C30H30ClF2N5O7S. The van der Waals surface area contributed by atoms with Crippen molar-refractivity contribution in [3.05, 3.63) is 87.8 Å². The SMILES string of the molecule is CCOC(=O)c1cc(C#N)c(N2CCC(C(=O)NS(=O)(=O)Cc3ccc(Cl)cc3)CC2)nc1CF.O=C(OCF)c1cccnc1. The van der Waals surface area contributed by atoms with Gasteiger partial charge in [0.05, 0.1) is 34.7 Å². The molecule has 1 aromatic carbocycles. The monoisotopic (exact) mass is 677 g/mol. The Morgan fingerprint density at radius 3 is 2.37 bits per heavy atom. The molecule has 2 aromatic heterocycles. The standard InChI is InChI=1S/C23H24ClFN4O5S.C7H6FNO2/c1-2-34-23(31)19-11-17(13-26)21(27-20(19)12-25)29-9-7-16(8-10-29)22(30)28-35(32,33)14-15-3-5-18(24)6-4-15;8-5-11-7(10)6-2-1-3-9-4-6/h3-6,11,16H,2,7-10,12,14H2,1H3,(H,28,30);1-4H,5H2. The predicted octanol–water partition coefficient (Wildman–Crippen LogP) is 4.28. The first-order chi connectivity index (χ1) is 22.0. The molecule has 46 heavy (non-hydrogen) atoms. The van der Waals surface area contributed by atoms with Crippen LogP contribution < -0.4 is 9.62 Å². The Balaban J connectivity index is 0.000000441. The number of benzene rings is 1. The highest BCUT2D eigenvalue weighted by atomic mass is 35.5. The average Bonchev–Trinajstić information content (AvgIpc) is 3.05. The van der Waals surface area contributed by atoms with Gasteiger partial charge in [0, 0.05) is 36.4 Å². The maximum absolute atomic E-state index is 13.6. The molecule has 0 saturated carbocycles. The predicted molar refractivity (Wildman–Crippen MR) is 163 cm³/mol. The number of sulfonamides is 1. The summed E-state index contributed by atoms with van der Waals surface area (Å²) >= 11 is 5.81. The molecule has 1 saturated heterocycles. The number of pyridine rings is 2. The topological polar surface area (TPSA) is 169 Å². The number of rotatable bonds is 10. The molecule has 1 N–H and O–H groups in total. The summed E-state index contributed by atoms with van der Waals surface area (Å²) in [7, 11) is -3.90. The van der Waals surface area contributed by atoms with E-state index in [1.165, 1.54) is 24.5 Å². The van der Waals surface area contributed by atoms with Gasteiger partial charge in [0.2, 0.25) is 22.8 Å². The number of aromatic nitrogens is 2. The Morgan fingerprint density at radius 2 is 1.80 bits per heavy atom. The van der Waals surface area contributed by atoms with Gasteiger partial charge in [-0.3, -0.25) is 14.5 Å². The number of nitriles is 1. The molecule has 0 radical (unpaired) electrons. The van der Waals surface area contributed by atoms with E-state index in [0.717, 1.165) is 0 Å². The fourth-order valence-corrected chi connectivity index (χ4v) is 5.70. The van der Waals surface area contributed by atoms with Crippen LogP contribution in [0.5, 0.6) is 0 Å². The summed E-state index contributed by atoms with van der Waals surface area (Å²) in [4.78, 5) is 45.0. The molecule has 1 aliphatic heterocycles. The Morgan fingerprint density at radius 1 is 1.11 bits per heavy atom. The maximum Gasteiger partial charge on any atom is 0.342 e. The number of hydrogen-bond acceptors (Lipinski definition) is 11. The Kier molecular flexibility index (Phi) is 13.3. The Hall–Kier alpha value is -4.68. The summed E-state index contributed by atoms with van der Waals surface area (Å²) in [5.41, 5.74) is 0.596. The second-order valence-electron chi connectivity index (χ2n) is 9.72. The van der Waals surface area contributed by atoms with Crippen molar-refractivity contribution in [3.8, 4) is 6.07 Å².